The maximum absolute atomic E-state index is 12.5. The first kappa shape index (κ1) is 28.7. The van der Waals surface area contributed by atoms with Crippen LogP contribution < -0.4 is 0 Å². The Morgan fingerprint density at radius 1 is 0.512 bits per heavy atom. The van der Waals surface area contributed by atoms with Crippen LogP contribution in [0.2, 0.25) is 0 Å². The van der Waals surface area contributed by atoms with Gasteiger partial charge in [0.25, 0.3) is 0 Å². The Hall–Kier alpha value is -3.85. The van der Waals surface area contributed by atoms with Gasteiger partial charge in [0.2, 0.25) is 0 Å². The van der Waals surface area contributed by atoms with Crippen LogP contribution in [0.25, 0.3) is 0 Å². The van der Waals surface area contributed by atoms with Gasteiger partial charge in [0, 0.05) is 0 Å². The number of hydrogen-bond acceptors (Lipinski definition) is 6. The molecule has 0 bridgehead atoms. The first-order valence-electron chi connectivity index (χ1n) is 13.7. The molecule has 1 aliphatic heterocycles. The zero-order chi connectivity index (χ0) is 28.3. The van der Waals surface area contributed by atoms with Gasteiger partial charge in [-0.3, -0.25) is 0 Å². The van der Waals surface area contributed by atoms with Crippen LogP contribution in [0.5, 0.6) is 0 Å². The summed E-state index contributed by atoms with van der Waals surface area (Å²) in [6.07, 6.45) is -4.90. The van der Waals surface area contributed by atoms with Gasteiger partial charge in [0.15, 0.2) is 12.4 Å². The molecule has 5 rings (SSSR count). The van der Waals surface area contributed by atoms with E-state index in [1.54, 1.807) is 0 Å². The van der Waals surface area contributed by atoms with Crippen LogP contribution in [-0.4, -0.2) is 41.8 Å². The Morgan fingerprint density at radius 3 is 1.24 bits per heavy atom. The Bertz CT molecular complexity index is 1320. The fraction of sp³-hybridized carbons (Fsp3) is 0.265. The quantitative estimate of drug-likeness (QED) is 0.225. The van der Waals surface area contributed by atoms with E-state index in [4.69, 9.17) is 23.7 Å². The van der Waals surface area contributed by atoms with Crippen molar-refractivity contribution in [2.45, 2.75) is 57.1 Å². The number of aliphatic carboxylic acids is 1. The van der Waals surface area contributed by atoms with Crippen molar-refractivity contribution >= 4 is 5.97 Å². The van der Waals surface area contributed by atoms with E-state index in [1.165, 1.54) is 0 Å². The number of carboxylic acids is 1. The highest BCUT2D eigenvalue weighted by molar-refractivity contribution is 5.73. The molecule has 1 N–H and O–H groups in total. The average molecular weight is 555 g/mol. The lowest BCUT2D eigenvalue weighted by atomic mass is 9.97. The van der Waals surface area contributed by atoms with Crippen LogP contribution in [0.15, 0.2) is 121 Å². The Labute approximate surface area is 240 Å². The van der Waals surface area contributed by atoms with Gasteiger partial charge >= 0.3 is 5.97 Å². The van der Waals surface area contributed by atoms with Gasteiger partial charge in [0.1, 0.15) is 18.3 Å². The second-order valence-electron chi connectivity index (χ2n) is 9.84. The highest BCUT2D eigenvalue weighted by atomic mass is 16.7. The zero-order valence-electron chi connectivity index (χ0n) is 22.7. The number of carbonyl (C=O) groups is 1. The van der Waals surface area contributed by atoms with Gasteiger partial charge in [0.05, 0.1) is 26.4 Å². The SMILES string of the molecule is O=C(O)[C@H]1OC(OCc2ccccc2)[C@H](OCc2ccccc2)[C@@H](OCc2ccccc2)[C@@H]1OCc1ccccc1. The summed E-state index contributed by atoms with van der Waals surface area (Å²) in [6, 6.07) is 38.7. The highest BCUT2D eigenvalue weighted by Gasteiger charge is 2.51. The van der Waals surface area contributed by atoms with Gasteiger partial charge in [-0.25, -0.2) is 4.79 Å². The molecule has 1 unspecified atom stereocenters. The molecule has 0 amide bonds. The van der Waals surface area contributed by atoms with Crippen molar-refractivity contribution in [1.29, 1.82) is 0 Å². The van der Waals surface area contributed by atoms with Crippen LogP contribution in [0.4, 0.5) is 0 Å². The lowest BCUT2D eigenvalue weighted by molar-refractivity contribution is -0.322. The predicted molar refractivity (Wildman–Crippen MR) is 153 cm³/mol. The van der Waals surface area contributed by atoms with E-state index < -0.39 is 36.7 Å². The van der Waals surface area contributed by atoms with Crippen molar-refractivity contribution in [2.75, 3.05) is 0 Å². The molecule has 212 valence electrons. The molecule has 0 radical (unpaired) electrons. The van der Waals surface area contributed by atoms with Crippen LogP contribution >= 0.6 is 0 Å². The van der Waals surface area contributed by atoms with E-state index in [0.717, 1.165) is 22.3 Å². The molecule has 1 heterocycles. The minimum Gasteiger partial charge on any atom is -0.479 e. The van der Waals surface area contributed by atoms with E-state index >= 15 is 0 Å². The van der Waals surface area contributed by atoms with E-state index in [2.05, 4.69) is 0 Å². The van der Waals surface area contributed by atoms with Crippen molar-refractivity contribution in [2.24, 2.45) is 0 Å². The second kappa shape index (κ2) is 14.7. The molecule has 5 atom stereocenters. The van der Waals surface area contributed by atoms with Gasteiger partial charge in [-0.05, 0) is 22.3 Å². The molecule has 7 nitrogen and oxygen atoms in total. The van der Waals surface area contributed by atoms with Crippen molar-refractivity contribution < 1.29 is 33.6 Å². The summed E-state index contributed by atoms with van der Waals surface area (Å²) in [5.74, 6) is -1.16. The molecule has 1 saturated heterocycles. The van der Waals surface area contributed by atoms with Gasteiger partial charge in [-0.15, -0.1) is 0 Å². The molecule has 0 spiro atoms. The predicted octanol–water partition coefficient (Wildman–Crippen LogP) is 5.77. The lowest BCUT2D eigenvalue weighted by Gasteiger charge is -2.44. The van der Waals surface area contributed by atoms with E-state index in [9.17, 15) is 9.90 Å². The molecule has 1 aliphatic rings. The summed E-state index contributed by atoms with van der Waals surface area (Å²) in [4.78, 5) is 12.5. The van der Waals surface area contributed by atoms with Crippen LogP contribution in [0.3, 0.4) is 0 Å². The number of ether oxygens (including phenoxy) is 5. The Kier molecular flexibility index (Phi) is 10.3. The molecule has 7 heteroatoms. The summed E-state index contributed by atoms with van der Waals surface area (Å²) in [7, 11) is 0. The summed E-state index contributed by atoms with van der Waals surface area (Å²) in [6.45, 7) is 0.892. The molecule has 0 saturated carbocycles. The fourth-order valence-corrected chi connectivity index (χ4v) is 4.74. The van der Waals surface area contributed by atoms with E-state index in [0.29, 0.717) is 0 Å². The molecule has 41 heavy (non-hydrogen) atoms. The van der Waals surface area contributed by atoms with E-state index in [1.807, 2.05) is 121 Å². The largest absolute Gasteiger partial charge is 0.479 e. The van der Waals surface area contributed by atoms with Crippen LogP contribution in [0, 0.1) is 0 Å². The monoisotopic (exact) mass is 554 g/mol. The third-order valence-electron chi connectivity index (χ3n) is 6.85. The fourth-order valence-electron chi connectivity index (χ4n) is 4.74. The molecule has 1 fully saturated rings. The van der Waals surface area contributed by atoms with Gasteiger partial charge in [-0.2, -0.15) is 0 Å². The zero-order valence-corrected chi connectivity index (χ0v) is 22.7. The molecular weight excluding hydrogens is 520 g/mol. The first-order chi connectivity index (χ1) is 20.2. The smallest absolute Gasteiger partial charge is 0.335 e. The maximum atomic E-state index is 12.5. The third-order valence-corrected chi connectivity index (χ3v) is 6.85. The first-order valence-corrected chi connectivity index (χ1v) is 13.7. The van der Waals surface area contributed by atoms with Crippen LogP contribution in [-0.2, 0) is 54.9 Å². The third kappa shape index (κ3) is 8.10. The lowest BCUT2D eigenvalue weighted by Crippen LogP contribution is -2.62. The minimum absolute atomic E-state index is 0.185. The molecule has 4 aromatic rings. The van der Waals surface area contributed by atoms with Crippen molar-refractivity contribution in [3.8, 4) is 0 Å². The molecular formula is C34H34O7. The van der Waals surface area contributed by atoms with Gasteiger partial charge < -0.3 is 28.8 Å². The van der Waals surface area contributed by atoms with Crippen molar-refractivity contribution in [3.63, 3.8) is 0 Å². The van der Waals surface area contributed by atoms with Crippen molar-refractivity contribution in [3.05, 3.63) is 144 Å². The summed E-state index contributed by atoms with van der Waals surface area (Å²) in [5, 5.41) is 10.2. The highest BCUT2D eigenvalue weighted by Crippen LogP contribution is 2.32. The van der Waals surface area contributed by atoms with E-state index in [-0.39, 0.29) is 26.4 Å². The summed E-state index contributed by atoms with van der Waals surface area (Å²) in [5.41, 5.74) is 3.73. The molecule has 4 aromatic carbocycles. The number of benzene rings is 4. The number of carboxylic acid groups (broad SMARTS) is 1. The normalized spacial score (nSPS) is 22.3. The number of rotatable bonds is 13. The van der Waals surface area contributed by atoms with Crippen LogP contribution in [0.1, 0.15) is 22.3 Å². The topological polar surface area (TPSA) is 83.5 Å². The van der Waals surface area contributed by atoms with Crippen molar-refractivity contribution in [1.82, 2.24) is 0 Å². The average Bonchev–Trinajstić information content (AvgIpc) is 3.03. The standard InChI is InChI=1S/C34H34O7/c35-33(36)31-29(37-21-25-13-5-1-6-14-25)30(38-22-26-15-7-2-8-16-26)32(39-23-27-17-9-3-10-18-27)34(41-31)40-24-28-19-11-4-12-20-28/h1-20,29-32,34H,21-24H2,(H,35,36)/t29-,30-,31-,32+,34?/m0/s1. The Morgan fingerprint density at radius 2 is 0.854 bits per heavy atom. The molecule has 0 aromatic heterocycles. The minimum atomic E-state index is -1.34. The molecule has 0 aliphatic carbocycles. The van der Waals surface area contributed by atoms with Gasteiger partial charge in [-0.1, -0.05) is 121 Å². The maximum Gasteiger partial charge on any atom is 0.335 e. The second-order valence-corrected chi connectivity index (χ2v) is 9.84. The summed E-state index contributed by atoms with van der Waals surface area (Å²) >= 11 is 0. The number of hydrogen-bond donors (Lipinski definition) is 1. The summed E-state index contributed by atoms with van der Waals surface area (Å²) < 4.78 is 31.5. The Balaban J connectivity index is 1.44.